The third-order valence-corrected chi connectivity index (χ3v) is 3.26. The Morgan fingerprint density at radius 1 is 1.55 bits per heavy atom. The molecule has 0 aliphatic rings. The molecule has 2 rings (SSSR count). The Morgan fingerprint density at radius 2 is 2.35 bits per heavy atom. The van der Waals surface area contributed by atoms with Crippen LogP contribution in [0.15, 0.2) is 37.0 Å². The lowest BCUT2D eigenvalue weighted by molar-refractivity contribution is 0.0984. The Balaban J connectivity index is 2.28. The number of carbonyl (C=O) groups excluding carboxylic acids is 1. The molecule has 0 fully saturated rings. The minimum atomic E-state index is -0.243. The lowest BCUT2D eigenvalue weighted by Gasteiger charge is -2.11. The summed E-state index contributed by atoms with van der Waals surface area (Å²) in [5.74, 6) is 0.191. The first-order valence-corrected chi connectivity index (χ1v) is 6.88. The third-order valence-electron chi connectivity index (χ3n) is 2.68. The van der Waals surface area contributed by atoms with Gasteiger partial charge in [0.05, 0.1) is 0 Å². The number of nitrogens with zero attached hydrogens (tertiary/aromatic N) is 2. The minimum absolute atomic E-state index is 0.211. The van der Waals surface area contributed by atoms with E-state index in [4.69, 9.17) is 4.74 Å². The molecule has 1 amide bonds. The van der Waals surface area contributed by atoms with Crippen molar-refractivity contribution in [1.82, 2.24) is 13.5 Å². The van der Waals surface area contributed by atoms with E-state index in [1.165, 1.54) is 4.09 Å². The van der Waals surface area contributed by atoms with Gasteiger partial charge in [-0.25, -0.2) is 4.09 Å². The molecule has 0 aliphatic carbocycles. The number of hydrogen-bond donors (Lipinski definition) is 2. The molecule has 2 aromatic rings. The van der Waals surface area contributed by atoms with Crippen molar-refractivity contribution in [3.05, 3.63) is 53.7 Å². The summed E-state index contributed by atoms with van der Waals surface area (Å²) in [5, 5.41) is 4.00. The van der Waals surface area contributed by atoms with Gasteiger partial charge in [-0.15, -0.1) is 5.10 Å². The number of aromatic nitrogens is 2. The molecule has 0 saturated carbocycles. The SMILES string of the molecule is C=Cc1cccc(C(=O)NBr)c1COc1ccn(S)n1. The molecule has 20 heavy (non-hydrogen) atoms. The van der Waals surface area contributed by atoms with E-state index in [0.29, 0.717) is 11.4 Å². The van der Waals surface area contributed by atoms with Crippen molar-refractivity contribution >= 4 is 40.9 Å². The number of halogens is 1. The molecule has 1 aromatic carbocycles. The number of hydrogen-bond acceptors (Lipinski definition) is 4. The van der Waals surface area contributed by atoms with Crippen LogP contribution >= 0.6 is 29.0 Å². The van der Waals surface area contributed by atoms with Gasteiger partial charge in [-0.1, -0.05) is 24.8 Å². The monoisotopic (exact) mass is 353 g/mol. The van der Waals surface area contributed by atoms with Gasteiger partial charge >= 0.3 is 0 Å². The number of ether oxygens (including phenoxy) is 1. The first kappa shape index (κ1) is 14.7. The number of benzene rings is 1. The summed E-state index contributed by atoms with van der Waals surface area (Å²) < 4.78 is 9.34. The second-order valence-corrected chi connectivity index (χ2v) is 4.67. The summed E-state index contributed by atoms with van der Waals surface area (Å²) in [6.07, 6.45) is 3.34. The van der Waals surface area contributed by atoms with Gasteiger partial charge in [0.15, 0.2) is 0 Å². The molecule has 0 spiro atoms. The van der Waals surface area contributed by atoms with Crippen molar-refractivity contribution in [2.45, 2.75) is 6.61 Å². The Kier molecular flexibility index (Phi) is 4.86. The highest BCUT2D eigenvalue weighted by Crippen LogP contribution is 2.19. The van der Waals surface area contributed by atoms with E-state index < -0.39 is 0 Å². The van der Waals surface area contributed by atoms with Crippen LogP contribution in [0.4, 0.5) is 0 Å². The van der Waals surface area contributed by atoms with Crippen molar-refractivity contribution in [3.8, 4) is 5.88 Å². The topological polar surface area (TPSA) is 56.1 Å². The van der Waals surface area contributed by atoms with Crippen LogP contribution in [-0.2, 0) is 6.61 Å². The van der Waals surface area contributed by atoms with E-state index in [-0.39, 0.29) is 12.5 Å². The smallest absolute Gasteiger partial charge is 0.261 e. The molecule has 7 heteroatoms. The second kappa shape index (κ2) is 6.62. The zero-order chi connectivity index (χ0) is 14.5. The van der Waals surface area contributed by atoms with E-state index in [9.17, 15) is 4.79 Å². The molecule has 1 aromatic heterocycles. The second-order valence-electron chi connectivity index (χ2n) is 3.86. The fourth-order valence-electron chi connectivity index (χ4n) is 1.74. The maximum absolute atomic E-state index is 11.8. The molecule has 0 aliphatic heterocycles. The number of thiol groups is 1. The fraction of sp³-hybridized carbons (Fsp3) is 0.0769. The lowest BCUT2D eigenvalue weighted by atomic mass is 10.0. The summed E-state index contributed by atoms with van der Waals surface area (Å²) in [7, 11) is 0. The van der Waals surface area contributed by atoms with Gasteiger partial charge in [0, 0.05) is 39.5 Å². The standard InChI is InChI=1S/C13H12BrN3O2S/c1-2-9-4-3-5-10(13(18)15-14)11(9)8-19-12-6-7-17(20)16-12/h2-7,20H,1,8H2,(H,15,18). The summed E-state index contributed by atoms with van der Waals surface area (Å²) in [5.41, 5.74) is 2.10. The summed E-state index contributed by atoms with van der Waals surface area (Å²) in [6, 6.07) is 7.07. The highest BCUT2D eigenvalue weighted by atomic mass is 79.9. The molecule has 104 valence electrons. The number of amides is 1. The Hall–Kier alpha value is -1.73. The van der Waals surface area contributed by atoms with Crippen LogP contribution in [0.1, 0.15) is 21.5 Å². The van der Waals surface area contributed by atoms with Gasteiger partial charge < -0.3 is 4.74 Å². The quantitative estimate of drug-likeness (QED) is 0.641. The Bertz CT molecular complexity index is 642. The van der Waals surface area contributed by atoms with Crippen molar-refractivity contribution in [2.24, 2.45) is 0 Å². The van der Waals surface area contributed by atoms with Gasteiger partial charge in [0.25, 0.3) is 5.91 Å². The van der Waals surface area contributed by atoms with E-state index in [1.54, 1.807) is 30.5 Å². The summed E-state index contributed by atoms with van der Waals surface area (Å²) >= 11 is 6.97. The zero-order valence-electron chi connectivity index (χ0n) is 10.4. The Morgan fingerprint density at radius 3 is 2.95 bits per heavy atom. The predicted octanol–water partition coefficient (Wildman–Crippen LogP) is 2.84. The van der Waals surface area contributed by atoms with E-state index >= 15 is 0 Å². The highest BCUT2D eigenvalue weighted by molar-refractivity contribution is 9.08. The minimum Gasteiger partial charge on any atom is -0.472 e. The number of carbonyl (C=O) groups is 1. The molecule has 0 saturated heterocycles. The van der Waals surface area contributed by atoms with Gasteiger partial charge in [-0.2, -0.15) is 0 Å². The molecule has 1 N–H and O–H groups in total. The van der Waals surface area contributed by atoms with Crippen LogP contribution < -0.4 is 9.08 Å². The molecule has 0 unspecified atom stereocenters. The highest BCUT2D eigenvalue weighted by Gasteiger charge is 2.14. The van der Waals surface area contributed by atoms with Gasteiger partial charge in [-0.3, -0.25) is 9.14 Å². The average molecular weight is 354 g/mol. The fourth-order valence-corrected chi connectivity index (χ4v) is 2.11. The number of nitrogens with one attached hydrogen (secondary N) is 1. The van der Waals surface area contributed by atoms with Gasteiger partial charge in [0.1, 0.15) is 6.61 Å². The summed E-state index contributed by atoms with van der Waals surface area (Å²) in [4.78, 5) is 11.8. The number of rotatable bonds is 5. The molecule has 1 heterocycles. The van der Waals surface area contributed by atoms with Crippen LogP contribution in [0.25, 0.3) is 6.08 Å². The Labute approximate surface area is 130 Å². The van der Waals surface area contributed by atoms with Crippen molar-refractivity contribution in [2.75, 3.05) is 0 Å². The van der Waals surface area contributed by atoms with Crippen molar-refractivity contribution in [1.29, 1.82) is 0 Å². The van der Waals surface area contributed by atoms with Crippen molar-refractivity contribution in [3.63, 3.8) is 0 Å². The van der Waals surface area contributed by atoms with Gasteiger partial charge in [0.2, 0.25) is 5.88 Å². The molecule has 0 radical (unpaired) electrons. The van der Waals surface area contributed by atoms with Crippen LogP contribution in [0.3, 0.4) is 0 Å². The first-order valence-electron chi connectivity index (χ1n) is 5.68. The van der Waals surface area contributed by atoms with Crippen LogP contribution in [-0.4, -0.2) is 15.1 Å². The normalized spacial score (nSPS) is 10.1. The maximum Gasteiger partial charge on any atom is 0.261 e. The van der Waals surface area contributed by atoms with Gasteiger partial charge in [-0.05, 0) is 24.4 Å². The van der Waals surface area contributed by atoms with E-state index in [2.05, 4.69) is 45.0 Å². The van der Waals surface area contributed by atoms with Crippen LogP contribution in [0.2, 0.25) is 0 Å². The largest absolute Gasteiger partial charge is 0.472 e. The average Bonchev–Trinajstić information content (AvgIpc) is 2.89. The summed E-state index contributed by atoms with van der Waals surface area (Å²) in [6.45, 7) is 3.96. The molecular formula is C13H12BrN3O2S. The molecular weight excluding hydrogens is 342 g/mol. The van der Waals surface area contributed by atoms with Crippen LogP contribution in [0.5, 0.6) is 5.88 Å². The third kappa shape index (κ3) is 3.23. The predicted molar refractivity (Wildman–Crippen MR) is 83.9 cm³/mol. The van der Waals surface area contributed by atoms with E-state index in [1.807, 2.05) is 6.07 Å². The maximum atomic E-state index is 11.8. The molecule has 5 nitrogen and oxygen atoms in total. The van der Waals surface area contributed by atoms with E-state index in [0.717, 1.165) is 11.1 Å². The first-order chi connectivity index (χ1) is 9.65. The zero-order valence-corrected chi connectivity index (χ0v) is 12.9. The lowest BCUT2D eigenvalue weighted by Crippen LogP contribution is -2.16. The van der Waals surface area contributed by atoms with Crippen LogP contribution in [0, 0.1) is 0 Å². The molecule has 0 bridgehead atoms. The molecule has 0 atom stereocenters. The van der Waals surface area contributed by atoms with Crippen molar-refractivity contribution < 1.29 is 9.53 Å².